The van der Waals surface area contributed by atoms with Crippen molar-refractivity contribution >= 4 is 11.3 Å². The lowest BCUT2D eigenvalue weighted by molar-refractivity contribution is -0.0198. The van der Waals surface area contributed by atoms with Gasteiger partial charge in [-0.2, -0.15) is 0 Å². The van der Waals surface area contributed by atoms with E-state index >= 15 is 0 Å². The first-order valence-corrected chi connectivity index (χ1v) is 6.07. The van der Waals surface area contributed by atoms with Crippen LogP contribution >= 0.6 is 11.3 Å². The Bertz CT molecular complexity index is 289. The molecule has 0 spiro atoms. The molecule has 0 aliphatic rings. The summed E-state index contributed by atoms with van der Waals surface area (Å²) < 4.78 is 5.34. The average Bonchev–Trinajstić information content (AvgIpc) is 2.69. The quantitative estimate of drug-likeness (QED) is 0.839. The maximum absolute atomic E-state index is 10.3. The highest BCUT2D eigenvalue weighted by molar-refractivity contribution is 7.10. The van der Waals surface area contributed by atoms with Crippen LogP contribution in [0.3, 0.4) is 0 Å². The highest BCUT2D eigenvalue weighted by Crippen LogP contribution is 2.32. The van der Waals surface area contributed by atoms with Crippen molar-refractivity contribution in [3.8, 4) is 0 Å². The van der Waals surface area contributed by atoms with Crippen LogP contribution in [0.15, 0.2) is 17.5 Å². The Balaban J connectivity index is 2.58. The van der Waals surface area contributed by atoms with Crippen LogP contribution in [0.5, 0.6) is 0 Å². The molecule has 0 aliphatic carbocycles. The molecule has 1 heterocycles. The molecule has 3 heteroatoms. The molecule has 1 atom stereocenters. The molecule has 0 radical (unpaired) electrons. The van der Waals surface area contributed by atoms with E-state index in [1.165, 1.54) is 0 Å². The molecule has 0 bridgehead atoms. The Hall–Kier alpha value is -0.380. The molecule has 1 aromatic heterocycles. The molecule has 1 N–H and O–H groups in total. The monoisotopic (exact) mass is 228 g/mol. The van der Waals surface area contributed by atoms with Gasteiger partial charge in [-0.3, -0.25) is 0 Å². The van der Waals surface area contributed by atoms with Crippen molar-refractivity contribution in [2.24, 2.45) is 0 Å². The predicted molar refractivity (Wildman–Crippen MR) is 64.2 cm³/mol. The zero-order valence-corrected chi connectivity index (χ0v) is 10.7. The average molecular weight is 228 g/mol. The van der Waals surface area contributed by atoms with Gasteiger partial charge in [0.1, 0.15) is 0 Å². The Kier molecular flexibility index (Phi) is 3.93. The van der Waals surface area contributed by atoms with E-state index in [1.807, 2.05) is 38.3 Å². The molecular formula is C12H20O2S. The number of thiophene rings is 1. The van der Waals surface area contributed by atoms with Gasteiger partial charge >= 0.3 is 0 Å². The largest absolute Gasteiger partial charge is 0.385 e. The van der Waals surface area contributed by atoms with Gasteiger partial charge in [-0.05, 0) is 45.1 Å². The third-order valence-corrected chi connectivity index (χ3v) is 3.94. The number of hydrogen-bond donors (Lipinski definition) is 1. The minimum atomic E-state index is -0.732. The molecule has 0 aromatic carbocycles. The summed E-state index contributed by atoms with van der Waals surface area (Å²) in [5, 5.41) is 12.3. The molecule has 0 amide bonds. The Labute approximate surface area is 95.9 Å². The molecule has 0 aliphatic heterocycles. The lowest BCUT2D eigenvalue weighted by Gasteiger charge is -2.28. The standard InChI is InChI=1S/C12H20O2S/c1-11(2,14-4)7-8-12(3,13)10-6-5-9-15-10/h5-6,9,13H,7-8H2,1-4H3. The van der Waals surface area contributed by atoms with E-state index in [-0.39, 0.29) is 5.60 Å². The maximum Gasteiger partial charge on any atom is 0.0960 e. The van der Waals surface area contributed by atoms with Crippen molar-refractivity contribution in [2.45, 2.75) is 44.8 Å². The van der Waals surface area contributed by atoms with Crippen molar-refractivity contribution in [1.82, 2.24) is 0 Å². The molecule has 0 saturated carbocycles. The van der Waals surface area contributed by atoms with Crippen LogP contribution in [0.25, 0.3) is 0 Å². The molecular weight excluding hydrogens is 208 g/mol. The van der Waals surface area contributed by atoms with Gasteiger partial charge in [-0.25, -0.2) is 0 Å². The molecule has 1 aromatic rings. The first kappa shape index (κ1) is 12.7. The summed E-state index contributed by atoms with van der Waals surface area (Å²) in [5.74, 6) is 0. The lowest BCUT2D eigenvalue weighted by atomic mass is 9.91. The highest BCUT2D eigenvalue weighted by Gasteiger charge is 2.27. The Morgan fingerprint density at radius 3 is 2.47 bits per heavy atom. The van der Waals surface area contributed by atoms with E-state index < -0.39 is 5.60 Å². The Morgan fingerprint density at radius 1 is 1.33 bits per heavy atom. The van der Waals surface area contributed by atoms with Gasteiger partial charge in [0.25, 0.3) is 0 Å². The second kappa shape index (κ2) is 4.64. The number of aliphatic hydroxyl groups is 1. The number of methoxy groups -OCH3 is 1. The van der Waals surface area contributed by atoms with Crippen LogP contribution in [-0.2, 0) is 10.3 Å². The van der Waals surface area contributed by atoms with Crippen LogP contribution < -0.4 is 0 Å². The highest BCUT2D eigenvalue weighted by atomic mass is 32.1. The topological polar surface area (TPSA) is 29.5 Å². The zero-order chi connectivity index (χ0) is 11.5. The van der Waals surface area contributed by atoms with Crippen LogP contribution in [0.1, 0.15) is 38.5 Å². The summed E-state index contributed by atoms with van der Waals surface area (Å²) in [6, 6.07) is 3.94. The van der Waals surface area contributed by atoms with Crippen LogP contribution in [0.4, 0.5) is 0 Å². The molecule has 0 saturated heterocycles. The van der Waals surface area contributed by atoms with Gasteiger partial charge in [0.15, 0.2) is 0 Å². The summed E-state index contributed by atoms with van der Waals surface area (Å²) >= 11 is 1.60. The minimum absolute atomic E-state index is 0.165. The third kappa shape index (κ3) is 3.59. The second-order valence-corrected chi connectivity index (χ2v) is 5.66. The molecule has 15 heavy (non-hydrogen) atoms. The van der Waals surface area contributed by atoms with Gasteiger partial charge < -0.3 is 9.84 Å². The van der Waals surface area contributed by atoms with E-state index in [0.29, 0.717) is 6.42 Å². The Morgan fingerprint density at radius 2 is 2.00 bits per heavy atom. The van der Waals surface area contributed by atoms with E-state index in [4.69, 9.17) is 4.74 Å². The summed E-state index contributed by atoms with van der Waals surface area (Å²) in [5.41, 5.74) is -0.898. The van der Waals surface area contributed by atoms with Crippen molar-refractivity contribution in [1.29, 1.82) is 0 Å². The minimum Gasteiger partial charge on any atom is -0.385 e. The van der Waals surface area contributed by atoms with Gasteiger partial charge in [0, 0.05) is 12.0 Å². The first-order chi connectivity index (χ1) is 6.87. The fraction of sp³-hybridized carbons (Fsp3) is 0.667. The summed E-state index contributed by atoms with van der Waals surface area (Å²) in [6.07, 6.45) is 1.56. The lowest BCUT2D eigenvalue weighted by Crippen LogP contribution is -2.28. The van der Waals surface area contributed by atoms with E-state index in [2.05, 4.69) is 0 Å². The van der Waals surface area contributed by atoms with Crippen molar-refractivity contribution in [3.05, 3.63) is 22.4 Å². The van der Waals surface area contributed by atoms with Gasteiger partial charge in [-0.1, -0.05) is 6.07 Å². The molecule has 2 nitrogen and oxygen atoms in total. The SMILES string of the molecule is COC(C)(C)CCC(C)(O)c1cccs1. The molecule has 1 unspecified atom stereocenters. The zero-order valence-electron chi connectivity index (χ0n) is 9.91. The van der Waals surface area contributed by atoms with Gasteiger partial charge in [0.2, 0.25) is 0 Å². The fourth-order valence-electron chi connectivity index (χ4n) is 1.35. The van der Waals surface area contributed by atoms with Gasteiger partial charge in [0.05, 0.1) is 11.2 Å². The first-order valence-electron chi connectivity index (χ1n) is 5.19. The molecule has 1 rings (SSSR count). The molecule has 86 valence electrons. The number of ether oxygens (including phenoxy) is 1. The summed E-state index contributed by atoms with van der Waals surface area (Å²) in [4.78, 5) is 1.02. The predicted octanol–water partition coefficient (Wildman–Crippen LogP) is 3.16. The van der Waals surface area contributed by atoms with Crippen LogP contribution in [-0.4, -0.2) is 17.8 Å². The summed E-state index contributed by atoms with van der Waals surface area (Å²) in [6.45, 7) is 5.94. The number of hydrogen-bond acceptors (Lipinski definition) is 3. The normalized spacial score (nSPS) is 16.3. The van der Waals surface area contributed by atoms with E-state index in [0.717, 1.165) is 11.3 Å². The summed E-state index contributed by atoms with van der Waals surface area (Å²) in [7, 11) is 1.71. The van der Waals surface area contributed by atoms with Crippen molar-refractivity contribution in [3.63, 3.8) is 0 Å². The van der Waals surface area contributed by atoms with E-state index in [9.17, 15) is 5.11 Å². The smallest absolute Gasteiger partial charge is 0.0960 e. The molecule has 0 fully saturated rings. The van der Waals surface area contributed by atoms with Crippen molar-refractivity contribution < 1.29 is 9.84 Å². The fourth-order valence-corrected chi connectivity index (χ4v) is 2.17. The van der Waals surface area contributed by atoms with Gasteiger partial charge in [-0.15, -0.1) is 11.3 Å². The van der Waals surface area contributed by atoms with Crippen LogP contribution in [0, 0.1) is 0 Å². The third-order valence-electron chi connectivity index (χ3n) is 2.82. The maximum atomic E-state index is 10.3. The van der Waals surface area contributed by atoms with E-state index in [1.54, 1.807) is 18.4 Å². The number of rotatable bonds is 5. The van der Waals surface area contributed by atoms with Crippen molar-refractivity contribution in [2.75, 3.05) is 7.11 Å². The van der Waals surface area contributed by atoms with Crippen LogP contribution in [0.2, 0.25) is 0 Å². The second-order valence-electron chi connectivity index (χ2n) is 4.71.